The van der Waals surface area contributed by atoms with Gasteiger partial charge in [0.25, 0.3) is 0 Å². The number of alkyl halides is 3. The molecule has 0 bridgehead atoms. The van der Waals surface area contributed by atoms with Crippen molar-refractivity contribution in [2.45, 2.75) is 68.3 Å². The van der Waals surface area contributed by atoms with Crippen LogP contribution in [0.15, 0.2) is 53.4 Å². The van der Waals surface area contributed by atoms with E-state index in [9.17, 15) is 18.0 Å². The number of aryl methyl sites for hydroxylation is 1. The largest absolute Gasteiger partial charge is 0.446 e. The van der Waals surface area contributed by atoms with Gasteiger partial charge in [-0.25, -0.2) is 0 Å². The summed E-state index contributed by atoms with van der Waals surface area (Å²) >= 11 is -0.100. The van der Waals surface area contributed by atoms with Crippen LogP contribution in [0, 0.1) is 12.8 Å². The summed E-state index contributed by atoms with van der Waals surface area (Å²) in [7, 11) is 0. The minimum absolute atomic E-state index is 0.100. The second-order valence-corrected chi connectivity index (χ2v) is 11.6. The monoisotopic (exact) mass is 533 g/mol. The van der Waals surface area contributed by atoms with Gasteiger partial charge in [0.1, 0.15) is 0 Å². The van der Waals surface area contributed by atoms with Gasteiger partial charge in [0.2, 0.25) is 5.91 Å². The molecule has 2 aliphatic heterocycles. The Morgan fingerprint density at radius 1 is 0.946 bits per heavy atom. The highest BCUT2D eigenvalue weighted by Crippen LogP contribution is 2.37. The van der Waals surface area contributed by atoms with Gasteiger partial charge in [-0.2, -0.15) is 13.2 Å². The summed E-state index contributed by atoms with van der Waals surface area (Å²) in [5.74, 6) is 0.994. The van der Waals surface area contributed by atoms with Crippen molar-refractivity contribution in [1.82, 2.24) is 9.80 Å². The average Bonchev–Trinajstić information content (AvgIpc) is 2.87. The van der Waals surface area contributed by atoms with Gasteiger partial charge < -0.3 is 15.1 Å². The van der Waals surface area contributed by atoms with E-state index in [1.807, 2.05) is 4.90 Å². The number of hydrogen-bond acceptors (Lipinski definition) is 4. The summed E-state index contributed by atoms with van der Waals surface area (Å²) in [6, 6.07) is 15.5. The number of benzene rings is 2. The first kappa shape index (κ1) is 27.8. The second kappa shape index (κ2) is 13.1. The van der Waals surface area contributed by atoms with Crippen molar-refractivity contribution in [3.8, 4) is 0 Å². The number of likely N-dealkylation sites (tertiary alicyclic amines) is 2. The van der Waals surface area contributed by atoms with Gasteiger partial charge in [-0.15, -0.1) is 0 Å². The maximum Gasteiger partial charge on any atom is 0.446 e. The third-order valence-corrected chi connectivity index (χ3v) is 8.26. The highest BCUT2D eigenvalue weighted by atomic mass is 32.2. The summed E-state index contributed by atoms with van der Waals surface area (Å²) in [4.78, 5) is 17.4. The van der Waals surface area contributed by atoms with E-state index in [-0.39, 0.29) is 28.6 Å². The highest BCUT2D eigenvalue weighted by Gasteiger charge is 2.29. The second-order valence-electron chi connectivity index (χ2n) is 10.4. The van der Waals surface area contributed by atoms with Gasteiger partial charge >= 0.3 is 5.51 Å². The minimum Gasteiger partial charge on any atom is -0.382 e. The lowest BCUT2D eigenvalue weighted by molar-refractivity contribution is -0.132. The van der Waals surface area contributed by atoms with Crippen LogP contribution in [0.5, 0.6) is 0 Å². The van der Waals surface area contributed by atoms with E-state index < -0.39 is 5.51 Å². The van der Waals surface area contributed by atoms with Crippen molar-refractivity contribution >= 4 is 23.4 Å². The van der Waals surface area contributed by atoms with E-state index in [1.165, 1.54) is 42.5 Å². The Morgan fingerprint density at radius 2 is 1.59 bits per heavy atom. The molecular weight excluding hydrogens is 495 g/mol. The molecule has 1 amide bonds. The molecule has 2 aromatic rings. The molecule has 0 radical (unpaired) electrons. The lowest BCUT2D eigenvalue weighted by atomic mass is 9.90. The van der Waals surface area contributed by atoms with Gasteiger partial charge in [-0.1, -0.05) is 29.8 Å². The van der Waals surface area contributed by atoms with Crippen LogP contribution in [-0.2, 0) is 11.2 Å². The lowest BCUT2D eigenvalue weighted by Gasteiger charge is -2.34. The summed E-state index contributed by atoms with van der Waals surface area (Å²) in [5.41, 5.74) is -0.706. The number of carbonyl (C=O) groups is 1. The Morgan fingerprint density at radius 3 is 2.22 bits per heavy atom. The van der Waals surface area contributed by atoms with Crippen LogP contribution in [-0.4, -0.2) is 60.0 Å². The van der Waals surface area contributed by atoms with Gasteiger partial charge in [-0.3, -0.25) is 4.79 Å². The molecule has 2 fully saturated rings. The van der Waals surface area contributed by atoms with Gasteiger partial charge in [0.05, 0.1) is 0 Å². The van der Waals surface area contributed by atoms with Crippen LogP contribution in [0.3, 0.4) is 0 Å². The summed E-state index contributed by atoms with van der Waals surface area (Å²) < 4.78 is 37.5. The molecule has 0 atom stereocenters. The molecular formula is C29H38F3N3OS. The maximum absolute atomic E-state index is 12.7. The number of carbonyl (C=O) groups excluding carboxylic acids is 1. The summed E-state index contributed by atoms with van der Waals surface area (Å²) in [6.07, 6.45) is 6.82. The fourth-order valence-corrected chi connectivity index (χ4v) is 5.88. The Hall–Kier alpha value is -2.19. The van der Waals surface area contributed by atoms with E-state index in [0.29, 0.717) is 6.42 Å². The van der Waals surface area contributed by atoms with Gasteiger partial charge in [0.15, 0.2) is 0 Å². The van der Waals surface area contributed by atoms with Crippen molar-refractivity contribution in [1.29, 1.82) is 0 Å². The average molecular weight is 534 g/mol. The fraction of sp³-hybridized carbons (Fsp3) is 0.552. The van der Waals surface area contributed by atoms with Crippen LogP contribution in [0.25, 0.3) is 0 Å². The molecule has 0 spiro atoms. The maximum atomic E-state index is 12.7. The molecule has 0 aliphatic carbocycles. The molecule has 0 saturated carbocycles. The zero-order valence-corrected chi connectivity index (χ0v) is 22.4. The van der Waals surface area contributed by atoms with Crippen molar-refractivity contribution in [2.24, 2.45) is 5.92 Å². The van der Waals surface area contributed by atoms with E-state index in [0.717, 1.165) is 63.6 Å². The molecule has 8 heteroatoms. The van der Waals surface area contributed by atoms with Crippen molar-refractivity contribution in [2.75, 3.05) is 38.0 Å². The number of nitrogens with zero attached hydrogens (tertiary/aromatic N) is 2. The lowest BCUT2D eigenvalue weighted by Crippen LogP contribution is -2.42. The third-order valence-electron chi connectivity index (χ3n) is 7.52. The van der Waals surface area contributed by atoms with Crippen molar-refractivity contribution in [3.05, 3.63) is 59.7 Å². The van der Waals surface area contributed by atoms with E-state index >= 15 is 0 Å². The van der Waals surface area contributed by atoms with Crippen molar-refractivity contribution < 1.29 is 18.0 Å². The topological polar surface area (TPSA) is 35.6 Å². The smallest absolute Gasteiger partial charge is 0.382 e. The van der Waals surface area contributed by atoms with Crippen molar-refractivity contribution in [3.63, 3.8) is 0 Å². The van der Waals surface area contributed by atoms with Gasteiger partial charge in [0, 0.05) is 36.1 Å². The molecule has 2 aromatic carbocycles. The van der Waals surface area contributed by atoms with E-state index in [1.54, 1.807) is 12.1 Å². The number of hydrogen-bond donors (Lipinski definition) is 1. The number of piperidine rings is 2. The van der Waals surface area contributed by atoms with Crippen LogP contribution in [0.4, 0.5) is 18.9 Å². The molecule has 1 N–H and O–H groups in total. The molecule has 4 rings (SSSR count). The Bertz CT molecular complexity index is 981. The highest BCUT2D eigenvalue weighted by molar-refractivity contribution is 8.00. The predicted molar refractivity (Wildman–Crippen MR) is 145 cm³/mol. The van der Waals surface area contributed by atoms with E-state index in [4.69, 9.17) is 0 Å². The zero-order chi connectivity index (χ0) is 26.3. The minimum atomic E-state index is -4.27. The molecule has 0 unspecified atom stereocenters. The Labute approximate surface area is 223 Å². The molecule has 2 heterocycles. The predicted octanol–water partition coefficient (Wildman–Crippen LogP) is 6.74. The van der Waals surface area contributed by atoms with Crippen LogP contribution in [0.2, 0.25) is 0 Å². The Balaban J connectivity index is 1.09. The summed E-state index contributed by atoms with van der Waals surface area (Å²) in [6.45, 7) is 6.81. The molecule has 2 saturated heterocycles. The molecule has 37 heavy (non-hydrogen) atoms. The van der Waals surface area contributed by atoms with Crippen LogP contribution >= 0.6 is 11.8 Å². The number of amides is 1. The van der Waals surface area contributed by atoms with Crippen LogP contribution < -0.4 is 5.32 Å². The molecule has 0 aromatic heterocycles. The van der Waals surface area contributed by atoms with E-state index in [2.05, 4.69) is 41.4 Å². The number of halogens is 3. The first-order chi connectivity index (χ1) is 17.7. The Kier molecular flexibility index (Phi) is 9.82. The number of anilines is 1. The molecule has 4 nitrogen and oxygen atoms in total. The fourth-order valence-electron chi connectivity index (χ4n) is 5.35. The number of rotatable bonds is 9. The zero-order valence-electron chi connectivity index (χ0n) is 21.6. The molecule has 2 aliphatic rings. The van der Waals surface area contributed by atoms with Gasteiger partial charge in [-0.05, 0) is 113 Å². The SMILES string of the molecule is Cc1ccc(CC2CCN(CCCC(=O)N3CCC(Nc4ccc(SC(F)(F)F)cc4)CC3)CC2)cc1. The number of nitrogens with one attached hydrogen (secondary N) is 1. The summed E-state index contributed by atoms with van der Waals surface area (Å²) in [5, 5.41) is 3.40. The standard InChI is InChI=1S/C29H38F3N3OS/c1-22-4-6-23(7-5-22)21-24-12-17-34(18-13-24)16-2-3-28(36)35-19-14-26(15-20-35)33-25-8-10-27(11-9-25)37-29(30,31)32/h4-11,24,26,33H,2-3,12-21H2,1H3. The first-order valence-corrected chi connectivity index (χ1v) is 14.2. The number of thioether (sulfide) groups is 1. The third kappa shape index (κ3) is 9.25. The normalized spacial score (nSPS) is 18.2. The quantitative estimate of drug-likeness (QED) is 0.362. The molecule has 202 valence electrons. The first-order valence-electron chi connectivity index (χ1n) is 13.4. The van der Waals surface area contributed by atoms with Crippen LogP contribution in [0.1, 0.15) is 49.7 Å².